The second-order valence-corrected chi connectivity index (χ2v) is 6.94. The molecule has 1 saturated heterocycles. The molecule has 1 aromatic carbocycles. The number of nitrogens with zero attached hydrogens (tertiary/aromatic N) is 1. The molecule has 21 heavy (non-hydrogen) atoms. The van der Waals surface area contributed by atoms with E-state index in [9.17, 15) is 0 Å². The van der Waals surface area contributed by atoms with E-state index in [1.807, 2.05) is 0 Å². The lowest BCUT2D eigenvalue weighted by atomic mass is 10.0. The average molecular weight is 302 g/mol. The van der Waals surface area contributed by atoms with Gasteiger partial charge in [0.25, 0.3) is 0 Å². The number of thiazole rings is 1. The topological polar surface area (TPSA) is 34.2 Å². The SMILES string of the molecule is Cc1ccc(-c2nc(NC[C@@H]3CCCO3)sc2C)cc1C. The molecule has 3 rings (SSSR count). The summed E-state index contributed by atoms with van der Waals surface area (Å²) in [5.41, 5.74) is 4.94. The number of anilines is 1. The monoisotopic (exact) mass is 302 g/mol. The van der Waals surface area contributed by atoms with Gasteiger partial charge in [-0.25, -0.2) is 4.98 Å². The Morgan fingerprint density at radius 3 is 2.86 bits per heavy atom. The molecule has 1 aromatic heterocycles. The van der Waals surface area contributed by atoms with Crippen LogP contribution >= 0.6 is 11.3 Å². The summed E-state index contributed by atoms with van der Waals surface area (Å²) in [4.78, 5) is 6.02. The molecule has 0 aliphatic carbocycles. The first-order chi connectivity index (χ1) is 10.1. The number of aryl methyl sites for hydroxylation is 3. The van der Waals surface area contributed by atoms with Crippen molar-refractivity contribution in [2.45, 2.75) is 39.7 Å². The molecule has 1 N–H and O–H groups in total. The van der Waals surface area contributed by atoms with Gasteiger partial charge in [-0.1, -0.05) is 12.1 Å². The highest BCUT2D eigenvalue weighted by Gasteiger charge is 2.16. The zero-order chi connectivity index (χ0) is 14.8. The van der Waals surface area contributed by atoms with Gasteiger partial charge in [-0.3, -0.25) is 0 Å². The van der Waals surface area contributed by atoms with Crippen molar-refractivity contribution < 1.29 is 4.74 Å². The lowest BCUT2D eigenvalue weighted by Crippen LogP contribution is -2.18. The third-order valence-corrected chi connectivity index (χ3v) is 5.01. The molecule has 0 spiro atoms. The van der Waals surface area contributed by atoms with Gasteiger partial charge in [0.2, 0.25) is 0 Å². The minimum absolute atomic E-state index is 0.347. The van der Waals surface area contributed by atoms with E-state index in [2.05, 4.69) is 44.3 Å². The summed E-state index contributed by atoms with van der Waals surface area (Å²) in [6.07, 6.45) is 2.68. The van der Waals surface area contributed by atoms with E-state index in [4.69, 9.17) is 9.72 Å². The van der Waals surface area contributed by atoms with Crippen molar-refractivity contribution in [2.75, 3.05) is 18.5 Å². The molecule has 0 unspecified atom stereocenters. The number of ether oxygens (including phenoxy) is 1. The molecule has 2 heterocycles. The third kappa shape index (κ3) is 3.27. The summed E-state index contributed by atoms with van der Waals surface area (Å²) in [6.45, 7) is 8.19. The van der Waals surface area contributed by atoms with E-state index in [-0.39, 0.29) is 0 Å². The molecule has 1 atom stereocenters. The fraction of sp³-hybridized carbons (Fsp3) is 0.471. The van der Waals surface area contributed by atoms with Crippen LogP contribution in [0.25, 0.3) is 11.3 Å². The van der Waals surface area contributed by atoms with Crippen LogP contribution in [0.15, 0.2) is 18.2 Å². The lowest BCUT2D eigenvalue weighted by Gasteiger charge is -2.09. The van der Waals surface area contributed by atoms with Crippen LogP contribution in [-0.4, -0.2) is 24.2 Å². The summed E-state index contributed by atoms with van der Waals surface area (Å²) < 4.78 is 5.64. The summed E-state index contributed by atoms with van der Waals surface area (Å²) in [7, 11) is 0. The molecule has 1 fully saturated rings. The molecular weight excluding hydrogens is 280 g/mol. The smallest absolute Gasteiger partial charge is 0.183 e. The summed E-state index contributed by atoms with van der Waals surface area (Å²) in [6, 6.07) is 6.55. The van der Waals surface area contributed by atoms with E-state index in [0.717, 1.165) is 30.4 Å². The average Bonchev–Trinajstić information content (AvgIpc) is 3.09. The normalized spacial score (nSPS) is 18.1. The summed E-state index contributed by atoms with van der Waals surface area (Å²) in [5, 5.41) is 4.42. The molecule has 4 heteroatoms. The fourth-order valence-electron chi connectivity index (χ4n) is 2.64. The molecule has 3 nitrogen and oxygen atoms in total. The third-order valence-electron chi connectivity index (χ3n) is 4.08. The van der Waals surface area contributed by atoms with Gasteiger partial charge in [-0.05, 0) is 50.8 Å². The molecular formula is C17H22N2OS. The van der Waals surface area contributed by atoms with Crippen LogP contribution in [-0.2, 0) is 4.74 Å². The maximum atomic E-state index is 5.64. The standard InChI is InChI=1S/C17H22N2OS/c1-11-6-7-14(9-12(11)2)16-13(3)21-17(19-16)18-10-15-5-4-8-20-15/h6-7,9,15H,4-5,8,10H2,1-3H3,(H,18,19)/t15-/m0/s1. The van der Waals surface area contributed by atoms with Crippen molar-refractivity contribution in [2.24, 2.45) is 0 Å². The van der Waals surface area contributed by atoms with Gasteiger partial charge < -0.3 is 10.1 Å². The fourth-order valence-corrected chi connectivity index (χ4v) is 3.48. The predicted octanol–water partition coefficient (Wildman–Crippen LogP) is 4.33. The quantitative estimate of drug-likeness (QED) is 0.913. The van der Waals surface area contributed by atoms with E-state index < -0.39 is 0 Å². The Morgan fingerprint density at radius 2 is 2.14 bits per heavy atom. The van der Waals surface area contributed by atoms with Crippen molar-refractivity contribution in [1.29, 1.82) is 0 Å². The second kappa shape index (κ2) is 6.16. The van der Waals surface area contributed by atoms with Gasteiger partial charge >= 0.3 is 0 Å². The van der Waals surface area contributed by atoms with Gasteiger partial charge in [0, 0.05) is 23.6 Å². The van der Waals surface area contributed by atoms with Crippen LogP contribution in [0.3, 0.4) is 0 Å². The Kier molecular flexibility index (Phi) is 4.27. The highest BCUT2D eigenvalue weighted by atomic mass is 32.1. The largest absolute Gasteiger partial charge is 0.376 e. The Balaban J connectivity index is 1.75. The Bertz CT molecular complexity index is 630. The lowest BCUT2D eigenvalue weighted by molar-refractivity contribution is 0.120. The van der Waals surface area contributed by atoms with Crippen LogP contribution in [0.1, 0.15) is 28.8 Å². The van der Waals surface area contributed by atoms with Crippen LogP contribution in [0, 0.1) is 20.8 Å². The maximum Gasteiger partial charge on any atom is 0.183 e. The molecule has 112 valence electrons. The second-order valence-electron chi connectivity index (χ2n) is 5.74. The maximum absolute atomic E-state index is 5.64. The molecule has 0 amide bonds. The molecule has 0 saturated carbocycles. The van der Waals surface area contributed by atoms with Crippen molar-refractivity contribution in [3.8, 4) is 11.3 Å². The van der Waals surface area contributed by atoms with Gasteiger partial charge in [-0.15, -0.1) is 11.3 Å². The van der Waals surface area contributed by atoms with Gasteiger partial charge in [0.05, 0.1) is 11.8 Å². The van der Waals surface area contributed by atoms with Crippen molar-refractivity contribution >= 4 is 16.5 Å². The highest BCUT2D eigenvalue weighted by molar-refractivity contribution is 7.16. The van der Waals surface area contributed by atoms with Crippen molar-refractivity contribution in [3.63, 3.8) is 0 Å². The van der Waals surface area contributed by atoms with Gasteiger partial charge in [0.15, 0.2) is 5.13 Å². The number of hydrogen-bond donors (Lipinski definition) is 1. The van der Waals surface area contributed by atoms with Crippen molar-refractivity contribution in [1.82, 2.24) is 4.98 Å². The highest BCUT2D eigenvalue weighted by Crippen LogP contribution is 2.31. The van der Waals surface area contributed by atoms with Crippen LogP contribution in [0.5, 0.6) is 0 Å². The van der Waals surface area contributed by atoms with Gasteiger partial charge in [-0.2, -0.15) is 0 Å². The van der Waals surface area contributed by atoms with E-state index in [0.29, 0.717) is 6.10 Å². The van der Waals surface area contributed by atoms with Crippen LogP contribution in [0.2, 0.25) is 0 Å². The molecule has 1 aliphatic heterocycles. The first-order valence-corrected chi connectivity index (χ1v) is 8.35. The minimum Gasteiger partial charge on any atom is -0.376 e. The predicted molar refractivity (Wildman–Crippen MR) is 89.2 cm³/mol. The number of hydrogen-bond acceptors (Lipinski definition) is 4. The molecule has 2 aromatic rings. The zero-order valence-electron chi connectivity index (χ0n) is 12.9. The zero-order valence-corrected chi connectivity index (χ0v) is 13.7. The number of rotatable bonds is 4. The number of benzene rings is 1. The molecule has 0 radical (unpaired) electrons. The number of aromatic nitrogens is 1. The van der Waals surface area contributed by atoms with Crippen molar-refractivity contribution in [3.05, 3.63) is 34.2 Å². The van der Waals surface area contributed by atoms with E-state index in [1.54, 1.807) is 11.3 Å². The van der Waals surface area contributed by atoms with Gasteiger partial charge in [0.1, 0.15) is 0 Å². The van der Waals surface area contributed by atoms with Crippen LogP contribution < -0.4 is 5.32 Å². The minimum atomic E-state index is 0.347. The summed E-state index contributed by atoms with van der Waals surface area (Å²) in [5.74, 6) is 0. The Hall–Kier alpha value is -1.39. The van der Waals surface area contributed by atoms with E-state index >= 15 is 0 Å². The molecule has 0 bridgehead atoms. The van der Waals surface area contributed by atoms with E-state index in [1.165, 1.54) is 28.0 Å². The summed E-state index contributed by atoms with van der Waals surface area (Å²) >= 11 is 1.72. The Morgan fingerprint density at radius 1 is 1.29 bits per heavy atom. The number of nitrogens with one attached hydrogen (secondary N) is 1. The first-order valence-electron chi connectivity index (χ1n) is 7.54. The van der Waals surface area contributed by atoms with Crippen LogP contribution in [0.4, 0.5) is 5.13 Å². The molecule has 1 aliphatic rings. The first kappa shape index (κ1) is 14.5. The Labute approximate surface area is 130 Å².